The van der Waals surface area contributed by atoms with Gasteiger partial charge in [-0.1, -0.05) is 0 Å². The van der Waals surface area contributed by atoms with Gasteiger partial charge in [0.1, 0.15) is 24.4 Å². The zero-order valence-electron chi connectivity index (χ0n) is 8.60. The first-order valence-electron chi connectivity index (χ1n) is 4.85. The molecule has 5 atom stereocenters. The van der Waals surface area contributed by atoms with Crippen LogP contribution >= 0.6 is 0 Å². The third-order valence-corrected chi connectivity index (χ3v) is 2.33. The van der Waals surface area contributed by atoms with E-state index in [9.17, 15) is 15.3 Å². The predicted octanol–water partition coefficient (Wildman–Crippen LogP) is -3.31. The molecule has 0 unspecified atom stereocenters. The molecule has 0 aliphatic carbocycles. The van der Waals surface area contributed by atoms with Gasteiger partial charge in [-0.2, -0.15) is 0 Å². The lowest BCUT2D eigenvalue weighted by Crippen LogP contribution is -2.59. The molecule has 1 fully saturated rings. The molecular weight excluding hydrogens is 222 g/mol. The van der Waals surface area contributed by atoms with Gasteiger partial charge in [0.15, 0.2) is 6.29 Å². The highest BCUT2D eigenvalue weighted by Gasteiger charge is 2.43. The molecule has 6 N–H and O–H groups in total. The van der Waals surface area contributed by atoms with Crippen LogP contribution < -0.4 is 5.90 Å². The van der Waals surface area contributed by atoms with Crippen LogP contribution in [-0.4, -0.2) is 71.0 Å². The number of aliphatic hydroxyl groups is 4. The fraction of sp³-hybridized carbons (Fsp3) is 1.00. The van der Waals surface area contributed by atoms with Gasteiger partial charge >= 0.3 is 0 Å². The van der Waals surface area contributed by atoms with E-state index in [-0.39, 0.29) is 13.2 Å². The van der Waals surface area contributed by atoms with Crippen LogP contribution in [0.5, 0.6) is 0 Å². The van der Waals surface area contributed by atoms with E-state index < -0.39 is 37.3 Å². The van der Waals surface area contributed by atoms with Crippen molar-refractivity contribution in [2.24, 2.45) is 5.90 Å². The first-order valence-corrected chi connectivity index (χ1v) is 4.85. The maximum Gasteiger partial charge on any atom is 0.186 e. The van der Waals surface area contributed by atoms with Crippen LogP contribution in [0.3, 0.4) is 0 Å². The standard InChI is InChI=1S/C8H17NO7/c9-15-2-1-14-8-7(13)6(12)5(11)4(3-10)16-8/h4-8,10-13H,1-3,9H2/t4-,5-,6+,7-,8-/m0/s1. The maximum absolute atomic E-state index is 9.51. The topological polar surface area (TPSA) is 135 Å². The SMILES string of the molecule is NOCCO[C@H]1O[C@@H](CO)[C@H](O)[C@@H](O)[C@@H]1O. The molecule has 8 nitrogen and oxygen atoms in total. The molecule has 8 heteroatoms. The van der Waals surface area contributed by atoms with Gasteiger partial charge in [0, 0.05) is 0 Å². The van der Waals surface area contributed by atoms with Gasteiger partial charge in [0.25, 0.3) is 0 Å². The molecule has 1 aliphatic heterocycles. The van der Waals surface area contributed by atoms with Crippen molar-refractivity contribution in [1.82, 2.24) is 0 Å². The van der Waals surface area contributed by atoms with Gasteiger partial charge in [-0.3, -0.25) is 0 Å². The second kappa shape index (κ2) is 6.42. The average Bonchev–Trinajstić information content (AvgIpc) is 2.29. The Bertz CT molecular complexity index is 203. The fourth-order valence-corrected chi connectivity index (χ4v) is 1.42. The Labute approximate surface area is 92.1 Å². The van der Waals surface area contributed by atoms with Crippen molar-refractivity contribution in [2.75, 3.05) is 19.8 Å². The summed E-state index contributed by atoms with van der Waals surface area (Å²) in [5.74, 6) is 4.77. The molecule has 0 aromatic rings. The minimum Gasteiger partial charge on any atom is -0.394 e. The van der Waals surface area contributed by atoms with Crippen LogP contribution in [0.15, 0.2) is 0 Å². The van der Waals surface area contributed by atoms with Crippen LogP contribution in [0, 0.1) is 0 Å². The van der Waals surface area contributed by atoms with Gasteiger partial charge < -0.3 is 34.7 Å². The minimum atomic E-state index is -1.44. The first kappa shape index (κ1) is 13.7. The van der Waals surface area contributed by atoms with E-state index in [1.807, 2.05) is 0 Å². The average molecular weight is 239 g/mol. The Morgan fingerprint density at radius 3 is 2.31 bits per heavy atom. The molecule has 0 radical (unpaired) electrons. The largest absolute Gasteiger partial charge is 0.394 e. The normalized spacial score (nSPS) is 39.9. The summed E-state index contributed by atoms with van der Waals surface area (Å²) in [6, 6.07) is 0. The van der Waals surface area contributed by atoms with E-state index in [0.29, 0.717) is 0 Å². The van der Waals surface area contributed by atoms with Crippen LogP contribution in [0.4, 0.5) is 0 Å². The van der Waals surface area contributed by atoms with E-state index >= 15 is 0 Å². The van der Waals surface area contributed by atoms with E-state index in [2.05, 4.69) is 4.84 Å². The number of nitrogens with two attached hydrogens (primary N) is 1. The summed E-state index contributed by atoms with van der Waals surface area (Å²) < 4.78 is 10.1. The van der Waals surface area contributed by atoms with Crippen LogP contribution in [0.2, 0.25) is 0 Å². The van der Waals surface area contributed by atoms with Crippen LogP contribution in [0.1, 0.15) is 0 Å². The van der Waals surface area contributed by atoms with Gasteiger partial charge in [-0.15, -0.1) is 0 Å². The second-order valence-electron chi connectivity index (χ2n) is 3.44. The lowest BCUT2D eigenvalue weighted by Gasteiger charge is -2.39. The summed E-state index contributed by atoms with van der Waals surface area (Å²) in [4.78, 5) is 4.25. The molecule has 0 spiro atoms. The quantitative estimate of drug-likeness (QED) is 0.249. The van der Waals surface area contributed by atoms with Crippen LogP contribution in [-0.2, 0) is 14.3 Å². The summed E-state index contributed by atoms with van der Waals surface area (Å²) >= 11 is 0. The Morgan fingerprint density at radius 2 is 1.75 bits per heavy atom. The molecule has 0 amide bonds. The Morgan fingerprint density at radius 1 is 1.06 bits per heavy atom. The van der Waals surface area contributed by atoms with Crippen molar-refractivity contribution in [2.45, 2.75) is 30.7 Å². The van der Waals surface area contributed by atoms with E-state index in [0.717, 1.165) is 0 Å². The number of ether oxygens (including phenoxy) is 2. The first-order chi connectivity index (χ1) is 7.61. The lowest BCUT2D eigenvalue weighted by atomic mass is 9.99. The van der Waals surface area contributed by atoms with Gasteiger partial charge in [-0.25, -0.2) is 5.90 Å². The molecule has 1 heterocycles. The maximum atomic E-state index is 9.51. The summed E-state index contributed by atoms with van der Waals surface area (Å²) in [5, 5.41) is 37.2. The summed E-state index contributed by atoms with van der Waals surface area (Å²) in [7, 11) is 0. The Kier molecular flexibility index (Phi) is 5.52. The lowest BCUT2D eigenvalue weighted by molar-refractivity contribution is -0.302. The van der Waals surface area contributed by atoms with E-state index in [1.54, 1.807) is 0 Å². The number of rotatable bonds is 5. The van der Waals surface area contributed by atoms with Crippen molar-refractivity contribution in [3.05, 3.63) is 0 Å². The summed E-state index contributed by atoms with van der Waals surface area (Å²) in [6.45, 7) is -0.341. The van der Waals surface area contributed by atoms with Crippen molar-refractivity contribution in [3.63, 3.8) is 0 Å². The number of hydrogen-bond donors (Lipinski definition) is 5. The highest BCUT2D eigenvalue weighted by Crippen LogP contribution is 2.21. The van der Waals surface area contributed by atoms with Crippen LogP contribution in [0.25, 0.3) is 0 Å². The predicted molar refractivity (Wildman–Crippen MR) is 49.9 cm³/mol. The van der Waals surface area contributed by atoms with Crippen molar-refractivity contribution < 1.29 is 34.7 Å². The third kappa shape index (κ3) is 3.09. The molecule has 16 heavy (non-hydrogen) atoms. The molecule has 1 rings (SSSR count). The Balaban J connectivity index is 2.50. The molecule has 0 aromatic heterocycles. The molecule has 1 aliphatic rings. The van der Waals surface area contributed by atoms with Gasteiger partial charge in [0.05, 0.1) is 19.8 Å². The summed E-state index contributed by atoms with van der Waals surface area (Å²) in [6.07, 6.45) is -6.32. The number of hydrogen-bond acceptors (Lipinski definition) is 8. The van der Waals surface area contributed by atoms with Crippen molar-refractivity contribution in [3.8, 4) is 0 Å². The zero-order chi connectivity index (χ0) is 12.1. The fourth-order valence-electron chi connectivity index (χ4n) is 1.42. The summed E-state index contributed by atoms with van der Waals surface area (Å²) in [5.41, 5.74) is 0. The molecular formula is C8H17NO7. The van der Waals surface area contributed by atoms with E-state index in [1.165, 1.54) is 0 Å². The van der Waals surface area contributed by atoms with E-state index in [4.69, 9.17) is 20.5 Å². The third-order valence-electron chi connectivity index (χ3n) is 2.33. The van der Waals surface area contributed by atoms with Crippen molar-refractivity contribution in [1.29, 1.82) is 0 Å². The number of aliphatic hydroxyl groups excluding tert-OH is 4. The zero-order valence-corrected chi connectivity index (χ0v) is 8.60. The Hall–Kier alpha value is -0.320. The monoisotopic (exact) mass is 239 g/mol. The second-order valence-corrected chi connectivity index (χ2v) is 3.44. The molecule has 0 aromatic carbocycles. The van der Waals surface area contributed by atoms with Gasteiger partial charge in [-0.05, 0) is 0 Å². The van der Waals surface area contributed by atoms with Gasteiger partial charge in [0.2, 0.25) is 0 Å². The molecule has 0 saturated carbocycles. The van der Waals surface area contributed by atoms with Crippen molar-refractivity contribution >= 4 is 0 Å². The minimum absolute atomic E-state index is 0.0548. The molecule has 0 bridgehead atoms. The highest BCUT2D eigenvalue weighted by molar-refractivity contribution is 4.88. The molecule has 1 saturated heterocycles. The highest BCUT2D eigenvalue weighted by atomic mass is 16.7. The smallest absolute Gasteiger partial charge is 0.186 e. The molecule has 96 valence electrons.